The maximum Gasteiger partial charge on any atom is 0.321 e. The van der Waals surface area contributed by atoms with Crippen LogP contribution in [0.2, 0.25) is 5.02 Å². The van der Waals surface area contributed by atoms with E-state index >= 15 is 0 Å². The standard InChI is InChI=1S/C16H21ClN2O3/c1-19(9-11-3-2-5-21-10-11)16(20)18-14-8-13(17)7-12-4-6-22-15(12)14/h7-8,11H,2-6,9-10H2,1H3,(H,18,20)/t11-/m1/s1. The number of nitrogens with zero attached hydrogens (tertiary/aromatic N) is 1. The lowest BCUT2D eigenvalue weighted by molar-refractivity contribution is 0.0464. The van der Waals surface area contributed by atoms with E-state index in [0.29, 0.717) is 29.8 Å². The van der Waals surface area contributed by atoms with E-state index in [1.165, 1.54) is 0 Å². The van der Waals surface area contributed by atoms with E-state index in [4.69, 9.17) is 21.1 Å². The summed E-state index contributed by atoms with van der Waals surface area (Å²) in [4.78, 5) is 14.1. The largest absolute Gasteiger partial charge is 0.491 e. The van der Waals surface area contributed by atoms with Gasteiger partial charge in [0.25, 0.3) is 0 Å². The number of benzene rings is 1. The Hall–Kier alpha value is -1.46. The van der Waals surface area contributed by atoms with E-state index in [1.54, 1.807) is 18.0 Å². The zero-order valence-corrected chi connectivity index (χ0v) is 13.5. The van der Waals surface area contributed by atoms with Crippen molar-refractivity contribution in [1.82, 2.24) is 4.90 Å². The first kappa shape index (κ1) is 15.4. The molecule has 1 atom stereocenters. The Morgan fingerprint density at radius 2 is 2.32 bits per heavy atom. The zero-order chi connectivity index (χ0) is 15.5. The molecule has 2 heterocycles. The summed E-state index contributed by atoms with van der Waals surface area (Å²) < 4.78 is 11.1. The molecular weight excluding hydrogens is 304 g/mol. The summed E-state index contributed by atoms with van der Waals surface area (Å²) in [5.74, 6) is 1.15. The summed E-state index contributed by atoms with van der Waals surface area (Å²) in [6, 6.07) is 3.48. The number of hydrogen-bond acceptors (Lipinski definition) is 3. The van der Waals surface area contributed by atoms with Crippen LogP contribution in [-0.4, -0.2) is 44.3 Å². The Labute approximate surface area is 135 Å². The molecule has 2 amide bonds. The second kappa shape index (κ2) is 6.75. The lowest BCUT2D eigenvalue weighted by atomic mass is 10.0. The third-order valence-electron chi connectivity index (χ3n) is 4.12. The van der Waals surface area contributed by atoms with E-state index in [2.05, 4.69) is 5.32 Å². The summed E-state index contributed by atoms with van der Waals surface area (Å²) in [5.41, 5.74) is 1.70. The first-order valence-electron chi connectivity index (χ1n) is 7.68. The van der Waals surface area contributed by atoms with Gasteiger partial charge < -0.3 is 19.7 Å². The molecule has 0 radical (unpaired) electrons. The van der Waals surface area contributed by atoms with E-state index < -0.39 is 0 Å². The van der Waals surface area contributed by atoms with Crippen molar-refractivity contribution in [3.05, 3.63) is 22.7 Å². The van der Waals surface area contributed by atoms with Crippen LogP contribution in [0.25, 0.3) is 0 Å². The van der Waals surface area contributed by atoms with E-state index in [0.717, 1.165) is 43.8 Å². The molecule has 2 aliphatic heterocycles. The van der Waals surface area contributed by atoms with Crippen molar-refractivity contribution in [2.45, 2.75) is 19.3 Å². The number of ether oxygens (including phenoxy) is 2. The Kier molecular flexibility index (Phi) is 4.74. The van der Waals surface area contributed by atoms with Crippen LogP contribution in [0.4, 0.5) is 10.5 Å². The lowest BCUT2D eigenvalue weighted by Crippen LogP contribution is -2.37. The average molecular weight is 325 g/mol. The third kappa shape index (κ3) is 3.47. The number of carbonyl (C=O) groups excluding carboxylic acids is 1. The zero-order valence-electron chi connectivity index (χ0n) is 12.7. The highest BCUT2D eigenvalue weighted by atomic mass is 35.5. The van der Waals surface area contributed by atoms with Crippen LogP contribution >= 0.6 is 11.6 Å². The Bertz CT molecular complexity index is 559. The SMILES string of the molecule is CN(C[C@H]1CCCOC1)C(=O)Nc1cc(Cl)cc2c1OCC2. The highest BCUT2D eigenvalue weighted by Crippen LogP contribution is 2.36. The van der Waals surface area contributed by atoms with E-state index in [9.17, 15) is 4.79 Å². The van der Waals surface area contributed by atoms with Crippen molar-refractivity contribution in [2.75, 3.05) is 38.7 Å². The minimum Gasteiger partial charge on any atom is -0.491 e. The Morgan fingerprint density at radius 1 is 1.45 bits per heavy atom. The number of nitrogens with one attached hydrogen (secondary N) is 1. The van der Waals surface area contributed by atoms with Crippen LogP contribution in [0.15, 0.2) is 12.1 Å². The fraction of sp³-hybridized carbons (Fsp3) is 0.562. The number of rotatable bonds is 3. The molecule has 1 N–H and O–H groups in total. The van der Waals surface area contributed by atoms with E-state index in [-0.39, 0.29) is 6.03 Å². The molecule has 120 valence electrons. The number of carbonyl (C=O) groups is 1. The van der Waals surface area contributed by atoms with Crippen LogP contribution in [-0.2, 0) is 11.2 Å². The van der Waals surface area contributed by atoms with Crippen LogP contribution in [0.5, 0.6) is 5.75 Å². The maximum atomic E-state index is 12.4. The van der Waals surface area contributed by atoms with Gasteiger partial charge in [-0.3, -0.25) is 0 Å². The molecule has 1 saturated heterocycles. The number of anilines is 1. The monoisotopic (exact) mass is 324 g/mol. The molecule has 0 saturated carbocycles. The average Bonchev–Trinajstić information content (AvgIpc) is 2.96. The first-order valence-corrected chi connectivity index (χ1v) is 8.06. The molecule has 22 heavy (non-hydrogen) atoms. The van der Waals surface area contributed by atoms with Crippen molar-refractivity contribution in [3.8, 4) is 5.75 Å². The van der Waals surface area contributed by atoms with Gasteiger partial charge in [-0.2, -0.15) is 0 Å². The molecule has 1 fully saturated rings. The van der Waals surface area contributed by atoms with Gasteiger partial charge in [0, 0.05) is 43.1 Å². The number of halogens is 1. The number of amides is 2. The molecule has 0 unspecified atom stereocenters. The smallest absolute Gasteiger partial charge is 0.321 e. The molecule has 0 aliphatic carbocycles. The second-order valence-corrected chi connectivity index (χ2v) is 6.37. The van der Waals surface area contributed by atoms with Gasteiger partial charge >= 0.3 is 6.03 Å². The second-order valence-electron chi connectivity index (χ2n) is 5.93. The quantitative estimate of drug-likeness (QED) is 0.929. The van der Waals surface area contributed by atoms with Crippen molar-refractivity contribution < 1.29 is 14.3 Å². The van der Waals surface area contributed by atoms with Crippen molar-refractivity contribution in [3.63, 3.8) is 0 Å². The van der Waals surface area contributed by atoms with Gasteiger partial charge in [-0.25, -0.2) is 4.79 Å². The van der Waals surface area contributed by atoms with Crippen molar-refractivity contribution in [2.24, 2.45) is 5.92 Å². The molecule has 1 aromatic rings. The first-order chi connectivity index (χ1) is 10.6. The van der Waals surface area contributed by atoms with Crippen molar-refractivity contribution >= 4 is 23.3 Å². The highest BCUT2D eigenvalue weighted by Gasteiger charge is 2.22. The molecule has 2 aliphatic rings. The topological polar surface area (TPSA) is 50.8 Å². The van der Waals surface area contributed by atoms with Gasteiger partial charge in [0.1, 0.15) is 5.75 Å². The molecule has 1 aromatic carbocycles. The maximum absolute atomic E-state index is 12.4. The van der Waals surface area contributed by atoms with Crippen LogP contribution < -0.4 is 10.1 Å². The van der Waals surface area contributed by atoms with Gasteiger partial charge in [0.2, 0.25) is 0 Å². The fourth-order valence-electron chi connectivity index (χ4n) is 2.99. The van der Waals surface area contributed by atoms with Crippen LogP contribution in [0.3, 0.4) is 0 Å². The molecule has 0 spiro atoms. The summed E-state index contributed by atoms with van der Waals surface area (Å²) in [6.07, 6.45) is 3.00. The third-order valence-corrected chi connectivity index (χ3v) is 4.34. The fourth-order valence-corrected chi connectivity index (χ4v) is 3.24. The number of hydrogen-bond donors (Lipinski definition) is 1. The van der Waals surface area contributed by atoms with Crippen molar-refractivity contribution in [1.29, 1.82) is 0 Å². The van der Waals surface area contributed by atoms with Crippen LogP contribution in [0.1, 0.15) is 18.4 Å². The van der Waals surface area contributed by atoms with Crippen LogP contribution in [0, 0.1) is 5.92 Å². The summed E-state index contributed by atoms with van der Waals surface area (Å²) >= 11 is 6.11. The molecule has 0 bridgehead atoms. The predicted octanol–water partition coefficient (Wildman–Crippen LogP) is 3.17. The minimum absolute atomic E-state index is 0.148. The summed E-state index contributed by atoms with van der Waals surface area (Å²) in [7, 11) is 1.80. The van der Waals surface area contributed by atoms with Gasteiger partial charge in [-0.05, 0) is 25.0 Å². The Balaban J connectivity index is 1.64. The van der Waals surface area contributed by atoms with E-state index in [1.807, 2.05) is 6.07 Å². The summed E-state index contributed by atoms with van der Waals surface area (Å²) in [5, 5.41) is 3.52. The normalized spacial score (nSPS) is 20.2. The number of urea groups is 1. The van der Waals surface area contributed by atoms with Gasteiger partial charge in [-0.1, -0.05) is 11.6 Å². The highest BCUT2D eigenvalue weighted by molar-refractivity contribution is 6.31. The molecule has 3 rings (SSSR count). The molecule has 5 nitrogen and oxygen atoms in total. The number of fused-ring (bicyclic) bond motifs is 1. The molecular formula is C16H21ClN2O3. The minimum atomic E-state index is -0.148. The molecule has 6 heteroatoms. The molecule has 0 aromatic heterocycles. The Morgan fingerprint density at radius 3 is 3.09 bits per heavy atom. The van der Waals surface area contributed by atoms with Gasteiger partial charge in [-0.15, -0.1) is 0 Å². The lowest BCUT2D eigenvalue weighted by Gasteiger charge is -2.27. The van der Waals surface area contributed by atoms with Gasteiger partial charge in [0.15, 0.2) is 0 Å². The van der Waals surface area contributed by atoms with Gasteiger partial charge in [0.05, 0.1) is 18.9 Å². The predicted molar refractivity (Wildman–Crippen MR) is 85.8 cm³/mol. The summed E-state index contributed by atoms with van der Waals surface area (Å²) in [6.45, 7) is 2.88.